The van der Waals surface area contributed by atoms with Gasteiger partial charge in [-0.1, -0.05) is 6.92 Å². The molecule has 0 amide bonds. The quantitative estimate of drug-likeness (QED) is 0.642. The number of nitrogens with zero attached hydrogens (tertiary/aromatic N) is 1. The van der Waals surface area contributed by atoms with Gasteiger partial charge in [-0.15, -0.1) is 0 Å². The number of hydrogen-bond acceptors (Lipinski definition) is 3. The van der Waals surface area contributed by atoms with E-state index >= 15 is 0 Å². The second-order valence-electron chi connectivity index (χ2n) is 5.32. The Kier molecular flexibility index (Phi) is 4.75. The van der Waals surface area contributed by atoms with Crippen molar-refractivity contribution in [2.45, 2.75) is 13.3 Å². The summed E-state index contributed by atoms with van der Waals surface area (Å²) in [5.74, 6) is 1.79. The first-order valence-electron chi connectivity index (χ1n) is 7.76. The Hall–Kier alpha value is -2.88. The van der Waals surface area contributed by atoms with Gasteiger partial charge in [-0.05, 0) is 55.0 Å². The summed E-state index contributed by atoms with van der Waals surface area (Å²) in [6.45, 7) is 2.06. The number of aryl methyl sites for hydroxylation is 1. The molecule has 4 heteroatoms. The summed E-state index contributed by atoms with van der Waals surface area (Å²) >= 11 is 0. The molecule has 0 radical (unpaired) electrons. The van der Waals surface area contributed by atoms with Crippen molar-refractivity contribution in [2.24, 2.45) is 0 Å². The summed E-state index contributed by atoms with van der Waals surface area (Å²) < 4.78 is 24.0. The van der Waals surface area contributed by atoms with Gasteiger partial charge in [0.05, 0.1) is 12.8 Å². The minimum absolute atomic E-state index is 0.284. The highest BCUT2D eigenvalue weighted by Gasteiger charge is 2.06. The molecular weight excluding hydrogens is 305 g/mol. The predicted octanol–water partition coefficient (Wildman–Crippen LogP) is 5.25. The molecule has 3 rings (SSSR count). The summed E-state index contributed by atoms with van der Waals surface area (Å²) in [7, 11) is 1.65. The topological polar surface area (TPSA) is 31.4 Å². The normalized spacial score (nSPS) is 10.5. The zero-order chi connectivity index (χ0) is 16.9. The third-order valence-electron chi connectivity index (χ3n) is 3.65. The van der Waals surface area contributed by atoms with E-state index in [0.29, 0.717) is 11.5 Å². The van der Waals surface area contributed by atoms with Gasteiger partial charge >= 0.3 is 0 Å². The van der Waals surface area contributed by atoms with Crippen LogP contribution >= 0.6 is 0 Å². The molecule has 3 aromatic rings. The molecule has 0 unspecified atom stereocenters. The zero-order valence-corrected chi connectivity index (χ0v) is 13.6. The number of rotatable bonds is 5. The summed E-state index contributed by atoms with van der Waals surface area (Å²) in [5.41, 5.74) is 2.82. The van der Waals surface area contributed by atoms with Gasteiger partial charge in [0.1, 0.15) is 23.1 Å². The predicted molar refractivity (Wildman–Crippen MR) is 92.1 cm³/mol. The SMILES string of the molecule is CCc1cc(OC)cc(-c2ccc(Oc3ccc(F)cc3)cc2)n1. The Morgan fingerprint density at radius 2 is 1.50 bits per heavy atom. The summed E-state index contributed by atoms with van der Waals surface area (Å²) in [4.78, 5) is 4.63. The monoisotopic (exact) mass is 323 g/mol. The highest BCUT2D eigenvalue weighted by Crippen LogP contribution is 2.27. The lowest BCUT2D eigenvalue weighted by Gasteiger charge is -2.09. The maximum atomic E-state index is 12.9. The van der Waals surface area contributed by atoms with Crippen LogP contribution in [0.15, 0.2) is 60.7 Å². The number of hydrogen-bond donors (Lipinski definition) is 0. The molecule has 0 N–H and O–H groups in total. The second-order valence-corrected chi connectivity index (χ2v) is 5.32. The van der Waals surface area contributed by atoms with Crippen molar-refractivity contribution in [3.05, 3.63) is 72.2 Å². The third-order valence-corrected chi connectivity index (χ3v) is 3.65. The van der Waals surface area contributed by atoms with Crippen LogP contribution in [0.1, 0.15) is 12.6 Å². The van der Waals surface area contributed by atoms with Gasteiger partial charge in [0.15, 0.2) is 0 Å². The van der Waals surface area contributed by atoms with Gasteiger partial charge in [-0.2, -0.15) is 0 Å². The summed E-state index contributed by atoms with van der Waals surface area (Å²) in [6.07, 6.45) is 0.843. The molecule has 0 bridgehead atoms. The first-order valence-corrected chi connectivity index (χ1v) is 7.76. The van der Waals surface area contributed by atoms with Crippen LogP contribution in [0.5, 0.6) is 17.2 Å². The van der Waals surface area contributed by atoms with E-state index < -0.39 is 0 Å². The van der Waals surface area contributed by atoms with E-state index in [9.17, 15) is 4.39 Å². The van der Waals surface area contributed by atoms with Crippen molar-refractivity contribution >= 4 is 0 Å². The number of aromatic nitrogens is 1. The summed E-state index contributed by atoms with van der Waals surface area (Å²) in [6, 6.07) is 17.4. The lowest BCUT2D eigenvalue weighted by Crippen LogP contribution is -1.94. The van der Waals surface area contributed by atoms with Gasteiger partial charge in [0.25, 0.3) is 0 Å². The first-order chi connectivity index (χ1) is 11.7. The van der Waals surface area contributed by atoms with E-state index in [1.807, 2.05) is 36.4 Å². The molecule has 0 aliphatic heterocycles. The molecule has 0 aliphatic carbocycles. The number of halogens is 1. The van der Waals surface area contributed by atoms with Gasteiger partial charge in [0.2, 0.25) is 0 Å². The van der Waals surface area contributed by atoms with Crippen molar-refractivity contribution in [3.8, 4) is 28.5 Å². The fourth-order valence-corrected chi connectivity index (χ4v) is 2.34. The van der Waals surface area contributed by atoms with E-state index in [0.717, 1.165) is 29.1 Å². The largest absolute Gasteiger partial charge is 0.497 e. The Morgan fingerprint density at radius 1 is 0.875 bits per heavy atom. The lowest BCUT2D eigenvalue weighted by atomic mass is 10.1. The van der Waals surface area contributed by atoms with Crippen molar-refractivity contribution < 1.29 is 13.9 Å². The Balaban J connectivity index is 1.82. The van der Waals surface area contributed by atoms with Gasteiger partial charge in [-0.25, -0.2) is 4.39 Å². The van der Waals surface area contributed by atoms with Gasteiger partial charge < -0.3 is 9.47 Å². The third kappa shape index (κ3) is 3.71. The van der Waals surface area contributed by atoms with E-state index in [4.69, 9.17) is 9.47 Å². The van der Waals surface area contributed by atoms with Crippen LogP contribution in [-0.4, -0.2) is 12.1 Å². The van der Waals surface area contributed by atoms with Crippen LogP contribution in [0.4, 0.5) is 4.39 Å². The van der Waals surface area contributed by atoms with Crippen LogP contribution in [0.25, 0.3) is 11.3 Å². The van der Waals surface area contributed by atoms with E-state index in [1.165, 1.54) is 12.1 Å². The molecule has 1 heterocycles. The van der Waals surface area contributed by atoms with Crippen LogP contribution in [-0.2, 0) is 6.42 Å². The van der Waals surface area contributed by atoms with Crippen molar-refractivity contribution in [1.82, 2.24) is 4.98 Å². The fourth-order valence-electron chi connectivity index (χ4n) is 2.34. The second kappa shape index (κ2) is 7.13. The number of benzene rings is 2. The van der Waals surface area contributed by atoms with Crippen LogP contribution in [0.3, 0.4) is 0 Å². The number of pyridine rings is 1. The van der Waals surface area contributed by atoms with Crippen LogP contribution in [0.2, 0.25) is 0 Å². The number of ether oxygens (including phenoxy) is 2. The minimum Gasteiger partial charge on any atom is -0.497 e. The highest BCUT2D eigenvalue weighted by molar-refractivity contribution is 5.62. The molecular formula is C20H18FNO2. The van der Waals surface area contributed by atoms with Crippen molar-refractivity contribution in [1.29, 1.82) is 0 Å². The molecule has 1 aromatic heterocycles. The van der Waals surface area contributed by atoms with Crippen molar-refractivity contribution in [3.63, 3.8) is 0 Å². The minimum atomic E-state index is -0.284. The lowest BCUT2D eigenvalue weighted by molar-refractivity contribution is 0.414. The van der Waals surface area contributed by atoms with E-state index in [2.05, 4.69) is 11.9 Å². The van der Waals surface area contributed by atoms with E-state index in [-0.39, 0.29) is 5.82 Å². The molecule has 3 nitrogen and oxygen atoms in total. The molecule has 0 aliphatic rings. The maximum absolute atomic E-state index is 12.9. The fraction of sp³-hybridized carbons (Fsp3) is 0.150. The molecule has 0 saturated carbocycles. The maximum Gasteiger partial charge on any atom is 0.127 e. The smallest absolute Gasteiger partial charge is 0.127 e. The molecule has 0 fully saturated rings. The average Bonchev–Trinajstić information content (AvgIpc) is 2.63. The van der Waals surface area contributed by atoms with E-state index in [1.54, 1.807) is 19.2 Å². The molecule has 0 atom stereocenters. The zero-order valence-electron chi connectivity index (χ0n) is 13.6. The first kappa shape index (κ1) is 16.0. The Bertz CT molecular complexity index is 792. The Labute approximate surface area is 140 Å². The molecule has 2 aromatic carbocycles. The molecule has 0 saturated heterocycles. The van der Waals surface area contributed by atoms with Gasteiger partial charge in [-0.3, -0.25) is 4.98 Å². The molecule has 0 spiro atoms. The van der Waals surface area contributed by atoms with Crippen molar-refractivity contribution in [2.75, 3.05) is 7.11 Å². The van der Waals surface area contributed by atoms with Crippen LogP contribution < -0.4 is 9.47 Å². The summed E-state index contributed by atoms with van der Waals surface area (Å²) in [5, 5.41) is 0. The number of methoxy groups -OCH3 is 1. The standard InChI is InChI=1S/C20H18FNO2/c1-3-16-12-19(23-2)13-20(22-16)14-4-8-17(9-5-14)24-18-10-6-15(21)7-11-18/h4-13H,3H2,1-2H3. The van der Waals surface area contributed by atoms with Crippen LogP contribution in [0, 0.1) is 5.82 Å². The molecule has 24 heavy (non-hydrogen) atoms. The highest BCUT2D eigenvalue weighted by atomic mass is 19.1. The van der Waals surface area contributed by atoms with Gasteiger partial charge in [0, 0.05) is 23.4 Å². The average molecular weight is 323 g/mol. The Morgan fingerprint density at radius 3 is 2.08 bits per heavy atom. The molecule has 122 valence electrons.